The molecule has 18 heavy (non-hydrogen) atoms. The van der Waals surface area contributed by atoms with Crippen molar-refractivity contribution in [1.82, 2.24) is 4.90 Å². The zero-order valence-electron chi connectivity index (χ0n) is 10.9. The normalized spacial score (nSPS) is 12.6. The van der Waals surface area contributed by atoms with Crippen molar-refractivity contribution in [3.8, 4) is 0 Å². The summed E-state index contributed by atoms with van der Waals surface area (Å²) in [4.78, 5) is 24.0. The van der Waals surface area contributed by atoms with Gasteiger partial charge in [0, 0.05) is 12.3 Å². The molecular weight excluding hydrogens is 276 g/mol. The van der Waals surface area contributed by atoms with Crippen molar-refractivity contribution in [2.75, 3.05) is 32.4 Å². The van der Waals surface area contributed by atoms with Crippen molar-refractivity contribution in [3.63, 3.8) is 0 Å². The molecule has 0 aromatic heterocycles. The monoisotopic (exact) mass is 296 g/mol. The summed E-state index contributed by atoms with van der Waals surface area (Å²) in [5.74, 6) is -0.294. The van der Waals surface area contributed by atoms with Gasteiger partial charge in [0.1, 0.15) is 0 Å². The van der Waals surface area contributed by atoms with E-state index in [1.54, 1.807) is 25.8 Å². The van der Waals surface area contributed by atoms with E-state index in [-0.39, 0.29) is 25.2 Å². The third-order valence-electron chi connectivity index (χ3n) is 1.76. The Morgan fingerprint density at radius 3 is 2.50 bits per heavy atom. The Labute approximate surface area is 115 Å². The molecule has 0 aliphatic heterocycles. The van der Waals surface area contributed by atoms with Crippen LogP contribution < -0.4 is 5.73 Å². The average Bonchev–Trinajstić information content (AvgIpc) is 2.24. The Kier molecular flexibility index (Phi) is 9.08. The maximum absolute atomic E-state index is 11.3. The largest absolute Gasteiger partial charge is 0.462 e. The maximum atomic E-state index is 11.3. The Hall–Kier alpha value is -0.570. The Balaban J connectivity index is 3.82. The van der Waals surface area contributed by atoms with Gasteiger partial charge in [-0.05, 0) is 32.1 Å². The molecule has 0 radical (unpaired) electrons. The van der Waals surface area contributed by atoms with Crippen molar-refractivity contribution in [2.24, 2.45) is 5.73 Å². The third-order valence-corrected chi connectivity index (χ3v) is 3.35. The molecule has 8 heteroatoms. The van der Waals surface area contributed by atoms with Gasteiger partial charge in [-0.15, -0.1) is 0 Å². The van der Waals surface area contributed by atoms with E-state index < -0.39 is 15.7 Å². The summed E-state index contributed by atoms with van der Waals surface area (Å²) in [6.45, 7) is 4.17. The quantitative estimate of drug-likeness (QED) is 0.597. The summed E-state index contributed by atoms with van der Waals surface area (Å²) in [5, 5.41) is 0. The molecule has 0 spiro atoms. The molecular formula is C10H20N2O4S2. The molecule has 0 rings (SSSR count). The minimum atomic E-state index is -0.886. The fourth-order valence-corrected chi connectivity index (χ4v) is 2.28. The second-order valence-electron chi connectivity index (χ2n) is 3.94. The predicted molar refractivity (Wildman–Crippen MR) is 73.5 cm³/mol. The van der Waals surface area contributed by atoms with E-state index in [4.69, 9.17) is 25.8 Å². The van der Waals surface area contributed by atoms with Gasteiger partial charge >= 0.3 is 11.9 Å². The molecule has 6 nitrogen and oxygen atoms in total. The van der Waals surface area contributed by atoms with Gasteiger partial charge in [0.05, 0.1) is 28.9 Å². The molecule has 1 atom stereocenters. The molecule has 0 saturated carbocycles. The topological polar surface area (TPSA) is 81.9 Å². The zero-order chi connectivity index (χ0) is 14.1. The van der Waals surface area contributed by atoms with Gasteiger partial charge < -0.3 is 14.7 Å². The van der Waals surface area contributed by atoms with Gasteiger partial charge in [0.15, 0.2) is 0 Å². The van der Waals surface area contributed by atoms with E-state index in [1.807, 2.05) is 0 Å². The SMILES string of the molecule is CC(C)OC(=O)CN(C)CCS(=S)OC(=O)CN. The lowest BCUT2D eigenvalue weighted by molar-refractivity contribution is -0.148. The third kappa shape index (κ3) is 9.46. The molecule has 1 unspecified atom stereocenters. The first-order valence-corrected chi connectivity index (χ1v) is 7.77. The Morgan fingerprint density at radius 2 is 2.00 bits per heavy atom. The molecule has 0 bridgehead atoms. The number of carbonyl (C=O) groups excluding carboxylic acids is 2. The summed E-state index contributed by atoms with van der Waals surface area (Å²) in [6, 6.07) is 0. The van der Waals surface area contributed by atoms with E-state index in [0.717, 1.165) is 0 Å². The highest BCUT2D eigenvalue weighted by molar-refractivity contribution is 8.26. The lowest BCUT2D eigenvalue weighted by Gasteiger charge is -2.17. The minimum absolute atomic E-state index is 0.120. The molecule has 0 aromatic carbocycles. The van der Waals surface area contributed by atoms with Crippen LogP contribution in [0, 0.1) is 0 Å². The number of likely N-dealkylation sites (N-methyl/N-ethyl adjacent to an activating group) is 1. The maximum Gasteiger partial charge on any atom is 0.331 e. The molecule has 0 amide bonds. The highest BCUT2D eigenvalue weighted by Crippen LogP contribution is 1.94. The van der Waals surface area contributed by atoms with Gasteiger partial charge in [-0.25, -0.2) is 4.79 Å². The molecule has 2 N–H and O–H groups in total. The Bertz CT molecular complexity index is 310. The van der Waals surface area contributed by atoms with Crippen molar-refractivity contribution in [3.05, 3.63) is 0 Å². The first-order valence-electron chi connectivity index (χ1n) is 5.52. The van der Waals surface area contributed by atoms with Gasteiger partial charge in [-0.3, -0.25) is 9.69 Å². The zero-order valence-corrected chi connectivity index (χ0v) is 12.5. The van der Waals surface area contributed by atoms with Crippen LogP contribution in [0.4, 0.5) is 0 Å². The van der Waals surface area contributed by atoms with Crippen LogP contribution in [-0.4, -0.2) is 55.4 Å². The predicted octanol–water partition coefficient (Wildman–Crippen LogP) is -0.633. The number of nitrogens with zero attached hydrogens (tertiary/aromatic N) is 1. The van der Waals surface area contributed by atoms with Crippen LogP contribution in [-0.2, 0) is 39.4 Å². The number of carbonyl (C=O) groups is 2. The van der Waals surface area contributed by atoms with Crippen LogP contribution in [0.15, 0.2) is 0 Å². The van der Waals surface area contributed by atoms with Gasteiger partial charge in [0.2, 0.25) is 0 Å². The summed E-state index contributed by atoms with van der Waals surface area (Å²) in [5.41, 5.74) is 5.10. The molecule has 0 aliphatic carbocycles. The van der Waals surface area contributed by atoms with Crippen molar-refractivity contribution < 1.29 is 18.5 Å². The van der Waals surface area contributed by atoms with Crippen LogP contribution in [0.5, 0.6) is 0 Å². The molecule has 0 heterocycles. The van der Waals surface area contributed by atoms with Crippen molar-refractivity contribution in [2.45, 2.75) is 20.0 Å². The summed E-state index contributed by atoms with van der Waals surface area (Å²) >= 11 is 4.97. The number of rotatable bonds is 8. The van der Waals surface area contributed by atoms with Crippen molar-refractivity contribution in [1.29, 1.82) is 0 Å². The van der Waals surface area contributed by atoms with Crippen LogP contribution in [0.1, 0.15) is 13.8 Å². The van der Waals surface area contributed by atoms with Crippen molar-refractivity contribution >= 4 is 32.9 Å². The van der Waals surface area contributed by atoms with Gasteiger partial charge in [0.25, 0.3) is 0 Å². The molecule has 0 aliphatic rings. The smallest absolute Gasteiger partial charge is 0.331 e. The number of esters is 1. The summed E-state index contributed by atoms with van der Waals surface area (Å²) in [6.07, 6.45) is -0.120. The second-order valence-corrected chi connectivity index (χ2v) is 6.24. The van der Waals surface area contributed by atoms with Gasteiger partial charge in [-0.2, -0.15) is 0 Å². The number of ether oxygens (including phenoxy) is 1. The van der Waals surface area contributed by atoms with E-state index >= 15 is 0 Å². The van der Waals surface area contributed by atoms with E-state index in [2.05, 4.69) is 0 Å². The number of nitrogens with two attached hydrogens (primary N) is 1. The average molecular weight is 296 g/mol. The highest BCUT2D eigenvalue weighted by Gasteiger charge is 2.11. The first kappa shape index (κ1) is 17.4. The lowest BCUT2D eigenvalue weighted by atomic mass is 10.4. The van der Waals surface area contributed by atoms with E-state index in [9.17, 15) is 9.59 Å². The molecule has 0 fully saturated rings. The summed E-state index contributed by atoms with van der Waals surface area (Å²) < 4.78 is 9.86. The van der Waals surface area contributed by atoms with Crippen LogP contribution in [0.25, 0.3) is 0 Å². The van der Waals surface area contributed by atoms with Crippen LogP contribution in [0.3, 0.4) is 0 Å². The Morgan fingerprint density at radius 1 is 1.39 bits per heavy atom. The lowest BCUT2D eigenvalue weighted by Crippen LogP contribution is -2.32. The van der Waals surface area contributed by atoms with Gasteiger partial charge in [-0.1, -0.05) is 0 Å². The highest BCUT2D eigenvalue weighted by atomic mass is 32.8. The van der Waals surface area contributed by atoms with Crippen LogP contribution >= 0.6 is 0 Å². The van der Waals surface area contributed by atoms with E-state index in [0.29, 0.717) is 12.3 Å². The molecule has 0 aromatic rings. The molecule has 0 saturated heterocycles. The first-order chi connectivity index (χ1) is 8.35. The number of hydrogen-bond donors (Lipinski definition) is 1. The molecule has 106 valence electrons. The number of hydrogen-bond acceptors (Lipinski definition) is 7. The van der Waals surface area contributed by atoms with E-state index in [1.165, 1.54) is 0 Å². The summed E-state index contributed by atoms with van der Waals surface area (Å²) in [7, 11) is 0.891. The standard InChI is InChI=1S/C10H20N2O4S2/c1-8(2)15-10(14)7-12(3)4-5-18(17)16-9(13)6-11/h8H,4-7,11H2,1-3H3. The van der Waals surface area contributed by atoms with Crippen LogP contribution in [0.2, 0.25) is 0 Å². The fourth-order valence-electron chi connectivity index (χ4n) is 1.01. The minimum Gasteiger partial charge on any atom is -0.462 e. The fraction of sp³-hybridized carbons (Fsp3) is 0.800. The second kappa shape index (κ2) is 9.37.